The van der Waals surface area contributed by atoms with Crippen LogP contribution >= 0.6 is 0 Å². The molecule has 1 aliphatic heterocycles. The van der Waals surface area contributed by atoms with Crippen molar-refractivity contribution in [1.82, 2.24) is 20.1 Å². The Morgan fingerprint density at radius 3 is 3.14 bits per heavy atom. The van der Waals surface area contributed by atoms with Gasteiger partial charge in [0.2, 0.25) is 5.91 Å². The van der Waals surface area contributed by atoms with Crippen molar-refractivity contribution < 1.29 is 9.53 Å². The minimum atomic E-state index is -0.210. The summed E-state index contributed by atoms with van der Waals surface area (Å²) in [4.78, 5) is 18.9. The molecule has 1 amide bonds. The van der Waals surface area contributed by atoms with E-state index in [1.165, 1.54) is 0 Å². The van der Waals surface area contributed by atoms with Crippen LogP contribution in [0.25, 0.3) is 0 Å². The summed E-state index contributed by atoms with van der Waals surface area (Å²) in [5.41, 5.74) is 0. The first-order valence-electron chi connectivity index (χ1n) is 7.74. The fraction of sp³-hybridized carbons (Fsp3) is 0.667. The molecule has 0 aromatic carbocycles. The molecular weight excluding hydrogens is 268 g/mol. The summed E-state index contributed by atoms with van der Waals surface area (Å²) in [6.45, 7) is 3.80. The van der Waals surface area contributed by atoms with Crippen molar-refractivity contribution in [3.05, 3.63) is 23.8 Å². The molecule has 2 heterocycles. The van der Waals surface area contributed by atoms with Gasteiger partial charge in [-0.1, -0.05) is 19.1 Å². The molecule has 0 unspecified atom stereocenters. The van der Waals surface area contributed by atoms with E-state index in [-0.39, 0.29) is 17.9 Å². The van der Waals surface area contributed by atoms with Crippen LogP contribution in [-0.4, -0.2) is 45.7 Å². The molecule has 1 aromatic rings. The van der Waals surface area contributed by atoms with Gasteiger partial charge in [-0.05, 0) is 19.3 Å². The number of ether oxygens (including phenoxy) is 1. The summed E-state index contributed by atoms with van der Waals surface area (Å²) in [5, 5.41) is 7.11. The molecule has 0 radical (unpaired) electrons. The Balaban J connectivity index is 1.64. The average Bonchev–Trinajstić information content (AvgIpc) is 3.04. The number of morpholine rings is 1. The third-order valence-corrected chi connectivity index (χ3v) is 4.17. The van der Waals surface area contributed by atoms with Gasteiger partial charge in [0, 0.05) is 18.9 Å². The normalized spacial score (nSPS) is 26.0. The highest BCUT2D eigenvalue weighted by Gasteiger charge is 2.31. The molecule has 3 rings (SSSR count). The monoisotopic (exact) mass is 290 g/mol. The van der Waals surface area contributed by atoms with Crippen molar-refractivity contribution in [3.8, 4) is 0 Å². The highest BCUT2D eigenvalue weighted by molar-refractivity contribution is 5.79. The van der Waals surface area contributed by atoms with Crippen LogP contribution in [0.5, 0.6) is 0 Å². The molecule has 1 fully saturated rings. The predicted molar refractivity (Wildman–Crippen MR) is 77.5 cm³/mol. The second-order valence-corrected chi connectivity index (χ2v) is 5.62. The van der Waals surface area contributed by atoms with Gasteiger partial charge in [-0.25, -0.2) is 4.98 Å². The summed E-state index contributed by atoms with van der Waals surface area (Å²) in [6, 6.07) is 0. The Kier molecular flexibility index (Phi) is 4.34. The number of nitrogens with one attached hydrogen (secondary N) is 1. The highest BCUT2D eigenvalue weighted by atomic mass is 16.5. The van der Waals surface area contributed by atoms with Gasteiger partial charge in [0.05, 0.1) is 13.2 Å². The average molecular weight is 290 g/mol. The van der Waals surface area contributed by atoms with E-state index in [0.29, 0.717) is 25.5 Å². The van der Waals surface area contributed by atoms with Gasteiger partial charge in [-0.15, -0.1) is 0 Å². The number of rotatable bonds is 3. The van der Waals surface area contributed by atoms with Crippen LogP contribution in [0.1, 0.15) is 43.9 Å². The molecule has 0 bridgehead atoms. The van der Waals surface area contributed by atoms with Gasteiger partial charge in [0.15, 0.2) is 5.82 Å². The van der Waals surface area contributed by atoms with Gasteiger partial charge in [-0.2, -0.15) is 5.10 Å². The molecule has 114 valence electrons. The van der Waals surface area contributed by atoms with Gasteiger partial charge >= 0.3 is 0 Å². The predicted octanol–water partition coefficient (Wildman–Crippen LogP) is 1.62. The van der Waals surface area contributed by atoms with E-state index in [9.17, 15) is 4.79 Å². The molecule has 6 heteroatoms. The maximum Gasteiger partial charge on any atom is 0.226 e. The Morgan fingerprint density at radius 2 is 2.43 bits per heavy atom. The number of carbonyl (C=O) groups is 1. The Labute approximate surface area is 124 Å². The number of hydrogen-bond acceptors (Lipinski definition) is 4. The molecule has 1 saturated heterocycles. The Morgan fingerprint density at radius 1 is 1.52 bits per heavy atom. The topological polar surface area (TPSA) is 71.1 Å². The fourth-order valence-corrected chi connectivity index (χ4v) is 2.89. The first kappa shape index (κ1) is 14.3. The van der Waals surface area contributed by atoms with E-state index >= 15 is 0 Å². The zero-order chi connectivity index (χ0) is 14.7. The zero-order valence-electron chi connectivity index (χ0n) is 12.4. The van der Waals surface area contributed by atoms with Crippen molar-refractivity contribution in [3.63, 3.8) is 0 Å². The van der Waals surface area contributed by atoms with Crippen molar-refractivity contribution >= 4 is 5.91 Å². The van der Waals surface area contributed by atoms with Crippen LogP contribution in [0.3, 0.4) is 0 Å². The molecular formula is C15H22N4O2. The molecule has 2 atom stereocenters. The third-order valence-electron chi connectivity index (χ3n) is 4.17. The minimum absolute atomic E-state index is 0.132. The van der Waals surface area contributed by atoms with E-state index in [2.05, 4.69) is 27.3 Å². The first-order valence-corrected chi connectivity index (χ1v) is 7.74. The lowest BCUT2D eigenvalue weighted by Crippen LogP contribution is -2.45. The Bertz CT molecular complexity index is 525. The number of H-pyrrole nitrogens is 1. The molecule has 1 aromatic heterocycles. The van der Waals surface area contributed by atoms with Crippen molar-refractivity contribution in [2.75, 3.05) is 19.7 Å². The minimum Gasteiger partial charge on any atom is -0.366 e. The lowest BCUT2D eigenvalue weighted by atomic mass is 9.93. The molecule has 21 heavy (non-hydrogen) atoms. The van der Waals surface area contributed by atoms with Crippen LogP contribution in [0.15, 0.2) is 12.2 Å². The van der Waals surface area contributed by atoms with E-state index in [1.807, 2.05) is 11.8 Å². The third kappa shape index (κ3) is 3.15. The van der Waals surface area contributed by atoms with Crippen LogP contribution in [-0.2, 0) is 16.0 Å². The SMILES string of the molecule is CCc1nc([C@@H]2CN(C(=O)[C@@H]3CC=CCC3)CCO2)n[nH]1. The molecule has 2 aliphatic rings. The summed E-state index contributed by atoms with van der Waals surface area (Å²) >= 11 is 0. The van der Waals surface area contributed by atoms with Crippen LogP contribution in [0.4, 0.5) is 0 Å². The van der Waals surface area contributed by atoms with Crippen molar-refractivity contribution in [1.29, 1.82) is 0 Å². The Hall–Kier alpha value is -1.69. The van der Waals surface area contributed by atoms with E-state index < -0.39 is 0 Å². The lowest BCUT2D eigenvalue weighted by Gasteiger charge is -2.34. The lowest BCUT2D eigenvalue weighted by molar-refractivity contribution is -0.143. The molecule has 1 aliphatic carbocycles. The molecule has 0 spiro atoms. The van der Waals surface area contributed by atoms with E-state index in [1.54, 1.807) is 0 Å². The van der Waals surface area contributed by atoms with Crippen LogP contribution in [0.2, 0.25) is 0 Å². The maximum atomic E-state index is 12.6. The largest absolute Gasteiger partial charge is 0.366 e. The number of carbonyl (C=O) groups excluding carboxylic acids is 1. The maximum absolute atomic E-state index is 12.6. The van der Waals surface area contributed by atoms with Crippen molar-refractivity contribution in [2.45, 2.75) is 38.7 Å². The summed E-state index contributed by atoms with van der Waals surface area (Å²) < 4.78 is 5.74. The van der Waals surface area contributed by atoms with E-state index in [4.69, 9.17) is 4.74 Å². The summed E-state index contributed by atoms with van der Waals surface area (Å²) in [6.07, 6.45) is 7.71. The quantitative estimate of drug-likeness (QED) is 0.859. The molecule has 1 N–H and O–H groups in total. The standard InChI is InChI=1S/C15H22N4O2/c1-2-13-16-14(18-17-13)12-10-19(8-9-21-12)15(20)11-6-4-3-5-7-11/h3-4,11-12H,2,5-10H2,1H3,(H,16,17,18)/t11-,12+/m1/s1. The number of aromatic nitrogens is 3. The molecule has 6 nitrogen and oxygen atoms in total. The number of nitrogens with zero attached hydrogens (tertiary/aromatic N) is 3. The molecule has 0 saturated carbocycles. The second-order valence-electron chi connectivity index (χ2n) is 5.62. The summed E-state index contributed by atoms with van der Waals surface area (Å²) in [7, 11) is 0. The first-order chi connectivity index (χ1) is 10.3. The zero-order valence-corrected chi connectivity index (χ0v) is 12.4. The van der Waals surface area contributed by atoms with Gasteiger partial charge < -0.3 is 9.64 Å². The van der Waals surface area contributed by atoms with Gasteiger partial charge in [-0.3, -0.25) is 9.89 Å². The van der Waals surface area contributed by atoms with Gasteiger partial charge in [0.1, 0.15) is 11.9 Å². The van der Waals surface area contributed by atoms with E-state index in [0.717, 1.165) is 31.5 Å². The van der Waals surface area contributed by atoms with Crippen LogP contribution in [0, 0.1) is 5.92 Å². The van der Waals surface area contributed by atoms with Crippen LogP contribution < -0.4 is 0 Å². The number of amides is 1. The summed E-state index contributed by atoms with van der Waals surface area (Å²) in [5.74, 6) is 1.90. The van der Waals surface area contributed by atoms with Crippen molar-refractivity contribution in [2.24, 2.45) is 5.92 Å². The fourth-order valence-electron chi connectivity index (χ4n) is 2.89. The smallest absolute Gasteiger partial charge is 0.226 e. The number of hydrogen-bond donors (Lipinski definition) is 1. The number of aryl methyl sites for hydroxylation is 1. The van der Waals surface area contributed by atoms with Gasteiger partial charge in [0.25, 0.3) is 0 Å². The number of aromatic amines is 1. The highest BCUT2D eigenvalue weighted by Crippen LogP contribution is 2.25. The second kappa shape index (κ2) is 6.39. The number of allylic oxidation sites excluding steroid dienone is 2.